The maximum Gasteiger partial charge on any atom is 0.315 e. The van der Waals surface area contributed by atoms with Gasteiger partial charge in [0.25, 0.3) is 0 Å². The van der Waals surface area contributed by atoms with Crippen molar-refractivity contribution in [3.63, 3.8) is 0 Å². The third-order valence-corrected chi connectivity index (χ3v) is 4.76. The number of benzene rings is 1. The second-order valence-electron chi connectivity index (χ2n) is 6.42. The highest BCUT2D eigenvalue weighted by atomic mass is 16.5. The molecule has 2 bridgehead atoms. The summed E-state index contributed by atoms with van der Waals surface area (Å²) in [5, 5.41) is 5.99. The molecule has 5 heteroatoms. The second-order valence-corrected chi connectivity index (χ2v) is 6.42. The van der Waals surface area contributed by atoms with Crippen LogP contribution in [0.25, 0.3) is 0 Å². The first kappa shape index (κ1) is 16.1. The molecular weight excluding hydrogens is 292 g/mol. The molecule has 2 fully saturated rings. The summed E-state index contributed by atoms with van der Waals surface area (Å²) in [6.45, 7) is 0.712. The molecule has 2 saturated heterocycles. The number of hydrogen-bond acceptors (Lipinski definition) is 3. The van der Waals surface area contributed by atoms with Gasteiger partial charge in [-0.25, -0.2) is 4.79 Å². The number of carbonyl (C=O) groups excluding carboxylic acids is 1. The third-order valence-electron chi connectivity index (χ3n) is 4.76. The fraction of sp³-hybridized carbons (Fsp3) is 0.611. The minimum atomic E-state index is -0.0596. The molecule has 0 unspecified atom stereocenters. The van der Waals surface area contributed by atoms with Crippen molar-refractivity contribution in [2.75, 3.05) is 13.7 Å². The highest BCUT2D eigenvalue weighted by Gasteiger charge is 2.41. The number of methoxy groups -OCH3 is 1. The van der Waals surface area contributed by atoms with Gasteiger partial charge in [0.2, 0.25) is 0 Å². The molecule has 0 spiro atoms. The number of fused-ring (bicyclic) bond motifs is 2. The van der Waals surface area contributed by atoms with Gasteiger partial charge in [-0.1, -0.05) is 12.1 Å². The number of urea groups is 1. The largest absolute Gasteiger partial charge is 0.497 e. The summed E-state index contributed by atoms with van der Waals surface area (Å²) in [5.74, 6) is 0.886. The van der Waals surface area contributed by atoms with Crippen molar-refractivity contribution in [1.82, 2.24) is 10.6 Å². The number of nitrogens with one attached hydrogen (secondary N) is 2. The van der Waals surface area contributed by atoms with Crippen LogP contribution in [-0.2, 0) is 11.2 Å². The Kier molecular flexibility index (Phi) is 5.39. The van der Waals surface area contributed by atoms with Crippen LogP contribution in [0.15, 0.2) is 24.3 Å². The smallest absolute Gasteiger partial charge is 0.315 e. The Balaban J connectivity index is 1.27. The first-order valence-electron chi connectivity index (χ1n) is 8.57. The quantitative estimate of drug-likeness (QED) is 0.760. The van der Waals surface area contributed by atoms with Gasteiger partial charge < -0.3 is 20.1 Å². The van der Waals surface area contributed by atoms with Crippen molar-refractivity contribution < 1.29 is 14.3 Å². The molecule has 0 aliphatic carbocycles. The molecule has 2 aliphatic heterocycles. The Morgan fingerprint density at radius 3 is 2.74 bits per heavy atom. The van der Waals surface area contributed by atoms with E-state index < -0.39 is 0 Å². The highest BCUT2D eigenvalue weighted by Crippen LogP contribution is 2.34. The third kappa shape index (κ3) is 4.38. The van der Waals surface area contributed by atoms with Gasteiger partial charge in [0.05, 0.1) is 25.4 Å². The maximum absolute atomic E-state index is 11.9. The van der Waals surface area contributed by atoms with E-state index in [2.05, 4.69) is 22.8 Å². The average molecular weight is 318 g/mol. The number of aryl methyl sites for hydroxylation is 1. The van der Waals surface area contributed by atoms with Crippen molar-refractivity contribution in [2.24, 2.45) is 0 Å². The lowest BCUT2D eigenvalue weighted by Gasteiger charge is -2.20. The Bertz CT molecular complexity index is 518. The van der Waals surface area contributed by atoms with Crippen LogP contribution >= 0.6 is 0 Å². The summed E-state index contributed by atoms with van der Waals surface area (Å²) in [6.07, 6.45) is 6.86. The number of ether oxygens (including phenoxy) is 2. The molecule has 5 nitrogen and oxygen atoms in total. The average Bonchev–Trinajstić information content (AvgIpc) is 3.18. The summed E-state index contributed by atoms with van der Waals surface area (Å²) < 4.78 is 10.9. The summed E-state index contributed by atoms with van der Waals surface area (Å²) in [4.78, 5) is 11.9. The van der Waals surface area contributed by atoms with Gasteiger partial charge in [-0.15, -0.1) is 0 Å². The van der Waals surface area contributed by atoms with Gasteiger partial charge in [-0.05, 0) is 56.2 Å². The highest BCUT2D eigenvalue weighted by molar-refractivity contribution is 5.74. The molecule has 2 heterocycles. The molecule has 1 aromatic rings. The first-order chi connectivity index (χ1) is 11.2. The molecule has 126 valence electrons. The molecule has 2 amide bonds. The zero-order valence-corrected chi connectivity index (χ0v) is 13.7. The van der Waals surface area contributed by atoms with Crippen molar-refractivity contribution in [3.05, 3.63) is 29.8 Å². The topological polar surface area (TPSA) is 59.6 Å². The zero-order valence-electron chi connectivity index (χ0n) is 13.7. The number of hydrogen-bond donors (Lipinski definition) is 2. The Hall–Kier alpha value is -1.75. The molecule has 2 aliphatic rings. The van der Waals surface area contributed by atoms with Gasteiger partial charge in [-0.3, -0.25) is 0 Å². The summed E-state index contributed by atoms with van der Waals surface area (Å²) in [5.41, 5.74) is 1.30. The van der Waals surface area contributed by atoms with Gasteiger partial charge in [0, 0.05) is 6.54 Å². The van der Waals surface area contributed by atoms with Crippen molar-refractivity contribution in [3.8, 4) is 5.75 Å². The van der Waals surface area contributed by atoms with E-state index in [9.17, 15) is 4.79 Å². The lowest BCUT2D eigenvalue weighted by Crippen LogP contribution is -2.46. The Morgan fingerprint density at radius 2 is 2.09 bits per heavy atom. The van der Waals surface area contributed by atoms with Crippen LogP contribution in [-0.4, -0.2) is 37.9 Å². The minimum absolute atomic E-state index is 0.0596. The molecule has 2 N–H and O–H groups in total. The Morgan fingerprint density at radius 1 is 1.26 bits per heavy atom. The summed E-state index contributed by atoms with van der Waals surface area (Å²) >= 11 is 0. The van der Waals surface area contributed by atoms with E-state index in [0.29, 0.717) is 12.6 Å². The van der Waals surface area contributed by atoms with Crippen LogP contribution in [0.1, 0.15) is 37.7 Å². The van der Waals surface area contributed by atoms with Crippen LogP contribution in [0.5, 0.6) is 5.75 Å². The number of unbranched alkanes of at least 4 members (excludes halogenated alkanes) is 1. The van der Waals surface area contributed by atoms with Crippen LogP contribution in [0.2, 0.25) is 0 Å². The van der Waals surface area contributed by atoms with E-state index in [4.69, 9.17) is 9.47 Å². The lowest BCUT2D eigenvalue weighted by atomic mass is 9.96. The fourth-order valence-electron chi connectivity index (χ4n) is 3.46. The zero-order chi connectivity index (χ0) is 16.1. The van der Waals surface area contributed by atoms with Crippen LogP contribution in [0, 0.1) is 0 Å². The molecule has 0 aromatic heterocycles. The number of amides is 2. The van der Waals surface area contributed by atoms with E-state index in [0.717, 1.165) is 44.3 Å². The normalized spacial score (nSPS) is 25.3. The van der Waals surface area contributed by atoms with Crippen molar-refractivity contribution in [2.45, 2.75) is 56.8 Å². The predicted octanol–water partition coefficient (Wildman–Crippen LogP) is 2.64. The van der Waals surface area contributed by atoms with Crippen LogP contribution < -0.4 is 15.4 Å². The van der Waals surface area contributed by atoms with Crippen molar-refractivity contribution in [1.29, 1.82) is 0 Å². The molecule has 0 saturated carbocycles. The van der Waals surface area contributed by atoms with Crippen LogP contribution in [0.3, 0.4) is 0 Å². The lowest BCUT2D eigenvalue weighted by molar-refractivity contribution is 0.0981. The summed E-state index contributed by atoms with van der Waals surface area (Å²) in [7, 11) is 1.68. The molecule has 0 radical (unpaired) electrons. The standard InChI is InChI=1S/C18H26N2O3/c1-22-14-7-5-13(6-8-14)4-2-3-11-19-18(21)20-16-12-15-9-10-17(16)23-15/h5-8,15-17H,2-4,9-12H2,1H3,(H2,19,20,21)/t15-,16+,17-/m1/s1. The fourth-order valence-corrected chi connectivity index (χ4v) is 3.46. The molecule has 3 atom stereocenters. The van der Waals surface area contributed by atoms with Crippen molar-refractivity contribution >= 4 is 6.03 Å². The van der Waals surface area contributed by atoms with E-state index in [-0.39, 0.29) is 18.2 Å². The monoisotopic (exact) mass is 318 g/mol. The van der Waals surface area contributed by atoms with E-state index in [1.165, 1.54) is 5.56 Å². The van der Waals surface area contributed by atoms with Gasteiger partial charge >= 0.3 is 6.03 Å². The molecule has 3 rings (SSSR count). The minimum Gasteiger partial charge on any atom is -0.497 e. The number of carbonyl (C=O) groups is 1. The van der Waals surface area contributed by atoms with Crippen LogP contribution in [0.4, 0.5) is 4.79 Å². The summed E-state index contributed by atoms with van der Waals surface area (Å²) in [6, 6.07) is 8.29. The van der Waals surface area contributed by atoms with Gasteiger partial charge in [0.1, 0.15) is 5.75 Å². The maximum atomic E-state index is 11.9. The van der Waals surface area contributed by atoms with Gasteiger partial charge in [-0.2, -0.15) is 0 Å². The molecule has 23 heavy (non-hydrogen) atoms. The second kappa shape index (κ2) is 7.68. The van der Waals surface area contributed by atoms with E-state index >= 15 is 0 Å². The SMILES string of the molecule is COc1ccc(CCCCNC(=O)N[C@H]2C[C@H]3CC[C@H]2O3)cc1. The molecular formula is C18H26N2O3. The number of rotatable bonds is 7. The van der Waals surface area contributed by atoms with E-state index in [1.807, 2.05) is 12.1 Å². The first-order valence-corrected chi connectivity index (χ1v) is 8.57. The van der Waals surface area contributed by atoms with Gasteiger partial charge in [0.15, 0.2) is 0 Å². The molecule has 1 aromatic carbocycles. The Labute approximate surface area is 137 Å². The van der Waals surface area contributed by atoms with E-state index in [1.54, 1.807) is 7.11 Å². The predicted molar refractivity (Wildman–Crippen MR) is 88.8 cm³/mol.